The quantitative estimate of drug-likeness (QED) is 0.368. The van der Waals surface area contributed by atoms with Gasteiger partial charge in [0.2, 0.25) is 0 Å². The van der Waals surface area contributed by atoms with E-state index in [4.69, 9.17) is 4.74 Å². The largest absolute Gasteiger partial charge is 0.497 e. The van der Waals surface area contributed by atoms with Crippen LogP contribution in [0.25, 0.3) is 11.3 Å². The molecule has 4 aromatic rings. The number of halogens is 1. The summed E-state index contributed by atoms with van der Waals surface area (Å²) < 4.78 is 18.5. The van der Waals surface area contributed by atoms with Gasteiger partial charge in [-0.1, -0.05) is 30.3 Å². The first-order chi connectivity index (χ1) is 15.1. The summed E-state index contributed by atoms with van der Waals surface area (Å²) in [4.78, 5) is 19.7. The van der Waals surface area contributed by atoms with Gasteiger partial charge in [0.05, 0.1) is 12.8 Å². The maximum absolute atomic E-state index is 13.4. The fourth-order valence-electron chi connectivity index (χ4n) is 3.20. The molecule has 0 atom stereocenters. The molecule has 0 aliphatic rings. The van der Waals surface area contributed by atoms with E-state index in [0.29, 0.717) is 35.1 Å². The van der Waals surface area contributed by atoms with E-state index in [-0.39, 0.29) is 11.7 Å². The smallest absolute Gasteiger partial charge is 0.260 e. The van der Waals surface area contributed by atoms with Crippen LogP contribution < -0.4 is 9.64 Å². The molecule has 4 rings (SSSR count). The Hall–Kier alpha value is -3.51. The molecule has 0 radical (unpaired) electrons. The first-order valence-electron chi connectivity index (χ1n) is 9.85. The molecule has 0 aliphatic heterocycles. The highest BCUT2D eigenvalue weighted by atomic mass is 32.1. The number of thiazole rings is 1. The monoisotopic (exact) mass is 432 g/mol. The van der Waals surface area contributed by atoms with Gasteiger partial charge in [-0.25, -0.2) is 9.37 Å². The maximum Gasteiger partial charge on any atom is 0.260 e. The van der Waals surface area contributed by atoms with E-state index in [9.17, 15) is 9.18 Å². The minimum absolute atomic E-state index is 0.126. The molecule has 0 saturated carbocycles. The van der Waals surface area contributed by atoms with Crippen molar-refractivity contribution in [2.24, 2.45) is 0 Å². The highest BCUT2D eigenvalue weighted by molar-refractivity contribution is 7.14. The van der Waals surface area contributed by atoms with Gasteiger partial charge >= 0.3 is 0 Å². The Labute approximate surface area is 184 Å². The lowest BCUT2D eigenvalue weighted by Gasteiger charge is -2.20. The Morgan fingerprint density at radius 2 is 1.71 bits per heavy atom. The van der Waals surface area contributed by atoms with Gasteiger partial charge in [0, 0.05) is 23.1 Å². The number of nitrogens with zero attached hydrogens (tertiary/aromatic N) is 2. The van der Waals surface area contributed by atoms with Gasteiger partial charge in [0.1, 0.15) is 11.6 Å². The molecule has 0 N–H and O–H groups in total. The molecule has 156 valence electrons. The third-order valence-electron chi connectivity index (χ3n) is 4.91. The Bertz CT molecular complexity index is 1140. The van der Waals surface area contributed by atoms with Gasteiger partial charge in [-0.3, -0.25) is 9.69 Å². The van der Waals surface area contributed by atoms with Gasteiger partial charge in [0.25, 0.3) is 5.91 Å². The highest BCUT2D eigenvalue weighted by Crippen LogP contribution is 2.29. The maximum atomic E-state index is 13.4. The summed E-state index contributed by atoms with van der Waals surface area (Å²) in [5.74, 6) is 0.275. The second kappa shape index (κ2) is 9.53. The summed E-state index contributed by atoms with van der Waals surface area (Å²) in [5, 5.41) is 2.50. The molecule has 1 heterocycles. The predicted molar refractivity (Wildman–Crippen MR) is 122 cm³/mol. The van der Waals surface area contributed by atoms with E-state index in [1.807, 2.05) is 35.7 Å². The van der Waals surface area contributed by atoms with Crippen molar-refractivity contribution in [3.05, 3.63) is 101 Å². The lowest BCUT2D eigenvalue weighted by molar-refractivity contribution is 0.0987. The average Bonchev–Trinajstić information content (AvgIpc) is 3.30. The number of ether oxygens (including phenoxy) is 1. The van der Waals surface area contributed by atoms with Gasteiger partial charge in [0.15, 0.2) is 5.13 Å². The molecular formula is C25H21FN2O2S. The zero-order valence-electron chi connectivity index (χ0n) is 17.0. The Kier molecular flexibility index (Phi) is 6.38. The first kappa shape index (κ1) is 20.8. The summed E-state index contributed by atoms with van der Waals surface area (Å²) in [6, 6.07) is 23.3. The first-order valence-corrected chi connectivity index (χ1v) is 10.7. The summed E-state index contributed by atoms with van der Waals surface area (Å²) in [5.41, 5.74) is 3.23. The van der Waals surface area contributed by atoms with Crippen molar-refractivity contribution in [3.63, 3.8) is 0 Å². The molecule has 0 unspecified atom stereocenters. The number of benzene rings is 3. The van der Waals surface area contributed by atoms with E-state index in [1.54, 1.807) is 48.4 Å². The number of amides is 1. The molecule has 0 bridgehead atoms. The standard InChI is InChI=1S/C25H21FN2O2S/c1-30-22-13-9-20(10-14-22)24(29)28(16-15-18-5-3-2-4-6-18)25-27-23(17-31-25)19-7-11-21(26)12-8-19/h2-14,17H,15-16H2,1H3. The van der Waals surface area contributed by atoms with E-state index in [1.165, 1.54) is 23.5 Å². The van der Waals surface area contributed by atoms with Crippen LogP contribution in [0.5, 0.6) is 5.75 Å². The van der Waals surface area contributed by atoms with Crippen LogP contribution in [-0.4, -0.2) is 24.5 Å². The average molecular weight is 433 g/mol. The van der Waals surface area contributed by atoms with Gasteiger partial charge in [-0.15, -0.1) is 11.3 Å². The molecule has 3 aromatic carbocycles. The SMILES string of the molecule is COc1ccc(C(=O)N(CCc2ccccc2)c2nc(-c3ccc(F)cc3)cs2)cc1. The minimum atomic E-state index is -0.293. The van der Waals surface area contributed by atoms with E-state index in [2.05, 4.69) is 4.98 Å². The van der Waals surface area contributed by atoms with E-state index >= 15 is 0 Å². The fraction of sp³-hybridized carbons (Fsp3) is 0.120. The lowest BCUT2D eigenvalue weighted by atomic mass is 10.1. The second-order valence-electron chi connectivity index (χ2n) is 6.94. The zero-order chi connectivity index (χ0) is 21.6. The van der Waals surface area contributed by atoms with Crippen LogP contribution in [0.3, 0.4) is 0 Å². The fourth-order valence-corrected chi connectivity index (χ4v) is 4.06. The zero-order valence-corrected chi connectivity index (χ0v) is 17.8. The van der Waals surface area contributed by atoms with Gasteiger partial charge in [-0.05, 0) is 60.5 Å². The number of carbonyl (C=O) groups is 1. The number of methoxy groups -OCH3 is 1. The van der Waals surface area contributed by atoms with Crippen LogP contribution in [0.1, 0.15) is 15.9 Å². The number of hydrogen-bond acceptors (Lipinski definition) is 4. The molecule has 0 fully saturated rings. The van der Waals surface area contributed by atoms with Crippen LogP contribution in [0.2, 0.25) is 0 Å². The van der Waals surface area contributed by atoms with E-state index in [0.717, 1.165) is 11.1 Å². The Balaban J connectivity index is 1.62. The van der Waals surface area contributed by atoms with Crippen molar-refractivity contribution in [2.75, 3.05) is 18.6 Å². The molecule has 0 aliphatic carbocycles. The molecule has 0 spiro atoms. The van der Waals surface area contributed by atoms with Gasteiger partial charge < -0.3 is 4.74 Å². The minimum Gasteiger partial charge on any atom is -0.497 e. The molecule has 6 heteroatoms. The number of aromatic nitrogens is 1. The second-order valence-corrected chi connectivity index (χ2v) is 7.78. The summed E-state index contributed by atoms with van der Waals surface area (Å²) in [7, 11) is 1.59. The third kappa shape index (κ3) is 4.98. The normalized spacial score (nSPS) is 10.6. The van der Waals surface area contributed by atoms with Crippen LogP contribution in [0, 0.1) is 5.82 Å². The number of rotatable bonds is 7. The van der Waals surface area contributed by atoms with E-state index < -0.39 is 0 Å². The Morgan fingerprint density at radius 1 is 1.00 bits per heavy atom. The molecule has 1 aromatic heterocycles. The van der Waals surface area contributed by atoms with Crippen LogP contribution in [0.4, 0.5) is 9.52 Å². The van der Waals surface area contributed by atoms with Crippen molar-refractivity contribution in [1.82, 2.24) is 4.98 Å². The lowest BCUT2D eigenvalue weighted by Crippen LogP contribution is -2.32. The summed E-state index contributed by atoms with van der Waals surface area (Å²) in [6.07, 6.45) is 0.703. The predicted octanol–water partition coefficient (Wildman–Crippen LogP) is 5.85. The van der Waals surface area contributed by atoms with Crippen molar-refractivity contribution < 1.29 is 13.9 Å². The number of anilines is 1. The van der Waals surface area contributed by atoms with Crippen LogP contribution in [-0.2, 0) is 6.42 Å². The molecular weight excluding hydrogens is 411 g/mol. The van der Waals surface area contributed by atoms with Crippen LogP contribution >= 0.6 is 11.3 Å². The topological polar surface area (TPSA) is 42.4 Å². The molecule has 1 amide bonds. The van der Waals surface area contributed by atoms with Crippen LogP contribution in [0.15, 0.2) is 84.2 Å². The highest BCUT2D eigenvalue weighted by Gasteiger charge is 2.21. The Morgan fingerprint density at radius 3 is 2.39 bits per heavy atom. The van der Waals surface area contributed by atoms with Crippen molar-refractivity contribution in [2.45, 2.75) is 6.42 Å². The van der Waals surface area contributed by atoms with Crippen molar-refractivity contribution in [3.8, 4) is 17.0 Å². The number of hydrogen-bond donors (Lipinski definition) is 0. The van der Waals surface area contributed by atoms with Crippen molar-refractivity contribution in [1.29, 1.82) is 0 Å². The van der Waals surface area contributed by atoms with Crippen molar-refractivity contribution >= 4 is 22.4 Å². The summed E-state index contributed by atoms with van der Waals surface area (Å²) in [6.45, 7) is 0.491. The summed E-state index contributed by atoms with van der Waals surface area (Å²) >= 11 is 1.40. The molecule has 0 saturated heterocycles. The number of carbonyl (C=O) groups excluding carboxylic acids is 1. The molecule has 4 nitrogen and oxygen atoms in total. The van der Waals surface area contributed by atoms with Gasteiger partial charge in [-0.2, -0.15) is 0 Å². The molecule has 31 heavy (non-hydrogen) atoms. The third-order valence-corrected chi connectivity index (χ3v) is 5.78.